The number of carbonyl (C=O) groups is 1. The second-order valence-corrected chi connectivity index (χ2v) is 12.3. The van der Waals surface area contributed by atoms with Gasteiger partial charge in [0.1, 0.15) is 5.82 Å². The maximum absolute atomic E-state index is 13.6. The van der Waals surface area contributed by atoms with Crippen LogP contribution in [0.4, 0.5) is 10.1 Å². The van der Waals surface area contributed by atoms with Crippen LogP contribution in [-0.4, -0.2) is 23.8 Å². The number of ketones is 1. The summed E-state index contributed by atoms with van der Waals surface area (Å²) in [4.78, 5) is 18.3. The molecular formula is C38H41FN2O. The molecule has 2 aliphatic rings. The van der Waals surface area contributed by atoms with Crippen molar-refractivity contribution in [3.05, 3.63) is 136 Å². The van der Waals surface area contributed by atoms with E-state index in [-0.39, 0.29) is 11.6 Å². The summed E-state index contributed by atoms with van der Waals surface area (Å²) in [6.07, 6.45) is 5.84. The molecule has 0 N–H and O–H groups in total. The highest BCUT2D eigenvalue weighted by Crippen LogP contribution is 2.31. The van der Waals surface area contributed by atoms with E-state index in [0.717, 1.165) is 56.6 Å². The molecule has 4 aromatic rings. The Morgan fingerprint density at radius 1 is 0.786 bits per heavy atom. The summed E-state index contributed by atoms with van der Waals surface area (Å²) in [5.74, 6) is 0.662. The van der Waals surface area contributed by atoms with Gasteiger partial charge in [0.15, 0.2) is 5.78 Å². The Morgan fingerprint density at radius 3 is 2.38 bits per heavy atom. The SMILES string of the molecule is Cc1cccc(CN2CCC(CCC(=O)c3ccc4c(c3)CN(Cc3ccc(F)cc3)c3ccccc3CC4)CC2)c1. The van der Waals surface area contributed by atoms with Crippen LogP contribution in [0.15, 0.2) is 91.0 Å². The van der Waals surface area contributed by atoms with Crippen molar-refractivity contribution in [2.75, 3.05) is 18.0 Å². The third kappa shape index (κ3) is 6.99. The molecule has 3 nitrogen and oxygen atoms in total. The maximum atomic E-state index is 13.6. The Bertz CT molecular complexity index is 1520. The van der Waals surface area contributed by atoms with Crippen molar-refractivity contribution in [1.82, 2.24) is 4.90 Å². The third-order valence-electron chi connectivity index (χ3n) is 9.15. The Balaban J connectivity index is 1.09. The molecule has 0 atom stereocenters. The number of Topliss-reactive ketones (excluding diaryl/α,β-unsaturated/α-hetero) is 1. The number of hydrogen-bond acceptors (Lipinski definition) is 3. The zero-order chi connectivity index (χ0) is 28.9. The van der Waals surface area contributed by atoms with Crippen molar-refractivity contribution in [3.8, 4) is 0 Å². The zero-order valence-corrected chi connectivity index (χ0v) is 24.7. The normalized spacial score (nSPS) is 15.9. The molecule has 1 fully saturated rings. The second kappa shape index (κ2) is 13.0. The molecule has 4 aromatic carbocycles. The molecule has 0 saturated carbocycles. The standard InChI is InChI=1S/C38H41FN2O/c1-28-5-4-6-31(23-28)25-40-21-19-29(20-22-40)11-18-38(42)34-15-13-32-12-14-33-7-2-3-8-37(33)41(27-35(32)24-34)26-30-9-16-36(39)17-10-30/h2-10,13,15-17,23-24,29H,11-12,14,18-22,25-27H2,1H3. The number of benzene rings is 4. The van der Waals surface area contributed by atoms with E-state index in [2.05, 4.69) is 77.4 Å². The first-order chi connectivity index (χ1) is 20.5. The number of fused-ring (bicyclic) bond motifs is 2. The van der Waals surface area contributed by atoms with E-state index in [9.17, 15) is 9.18 Å². The summed E-state index contributed by atoms with van der Waals surface area (Å²) in [7, 11) is 0. The lowest BCUT2D eigenvalue weighted by Crippen LogP contribution is -2.33. The molecule has 6 rings (SSSR count). The van der Waals surface area contributed by atoms with E-state index in [1.165, 1.54) is 58.5 Å². The van der Waals surface area contributed by atoms with Crippen molar-refractivity contribution in [3.63, 3.8) is 0 Å². The first-order valence-corrected chi connectivity index (χ1v) is 15.5. The highest BCUT2D eigenvalue weighted by molar-refractivity contribution is 5.96. The van der Waals surface area contributed by atoms with Crippen molar-refractivity contribution in [1.29, 1.82) is 0 Å². The van der Waals surface area contributed by atoms with E-state index in [1.807, 2.05) is 18.2 Å². The average molecular weight is 561 g/mol. The highest BCUT2D eigenvalue weighted by atomic mass is 19.1. The topological polar surface area (TPSA) is 23.6 Å². The van der Waals surface area contributed by atoms with Gasteiger partial charge in [-0.3, -0.25) is 9.69 Å². The van der Waals surface area contributed by atoms with E-state index in [1.54, 1.807) is 0 Å². The van der Waals surface area contributed by atoms with Gasteiger partial charge in [-0.2, -0.15) is 0 Å². The molecule has 0 spiro atoms. The fourth-order valence-electron chi connectivity index (χ4n) is 6.71. The van der Waals surface area contributed by atoms with Gasteiger partial charge in [0.2, 0.25) is 0 Å². The molecule has 0 bridgehead atoms. The van der Waals surface area contributed by atoms with Gasteiger partial charge >= 0.3 is 0 Å². The predicted molar refractivity (Wildman–Crippen MR) is 169 cm³/mol. The molecule has 1 saturated heterocycles. The molecule has 0 aliphatic carbocycles. The number of para-hydroxylation sites is 1. The number of aryl methyl sites for hydroxylation is 3. The van der Waals surface area contributed by atoms with Gasteiger partial charge in [-0.15, -0.1) is 0 Å². The molecule has 0 amide bonds. The van der Waals surface area contributed by atoms with E-state index >= 15 is 0 Å². The van der Waals surface area contributed by atoms with Gasteiger partial charge < -0.3 is 4.90 Å². The lowest BCUT2D eigenvalue weighted by molar-refractivity contribution is 0.0961. The minimum absolute atomic E-state index is 0.215. The van der Waals surface area contributed by atoms with Crippen LogP contribution in [0.1, 0.15) is 69.4 Å². The average Bonchev–Trinajstić information content (AvgIpc) is 3.00. The summed E-state index contributed by atoms with van der Waals surface area (Å²) in [5.41, 5.74) is 9.70. The number of anilines is 1. The minimum Gasteiger partial charge on any atom is -0.363 e. The Kier molecular flexibility index (Phi) is 8.81. The number of hydrogen-bond donors (Lipinski definition) is 0. The van der Waals surface area contributed by atoms with Gasteiger partial charge in [0, 0.05) is 37.3 Å². The lowest BCUT2D eigenvalue weighted by atomic mass is 9.89. The summed E-state index contributed by atoms with van der Waals surface area (Å²) in [6.45, 7) is 6.81. The van der Waals surface area contributed by atoms with Crippen LogP contribution in [0.5, 0.6) is 0 Å². The summed E-state index contributed by atoms with van der Waals surface area (Å²) in [5, 5.41) is 0. The second-order valence-electron chi connectivity index (χ2n) is 12.3. The number of halogens is 1. The molecule has 4 heteroatoms. The molecule has 0 aromatic heterocycles. The fourth-order valence-corrected chi connectivity index (χ4v) is 6.71. The summed E-state index contributed by atoms with van der Waals surface area (Å²) < 4.78 is 13.6. The Hall–Kier alpha value is -3.76. The van der Waals surface area contributed by atoms with Crippen LogP contribution >= 0.6 is 0 Å². The highest BCUT2D eigenvalue weighted by Gasteiger charge is 2.22. The monoisotopic (exact) mass is 560 g/mol. The van der Waals surface area contributed by atoms with E-state index in [4.69, 9.17) is 0 Å². The summed E-state index contributed by atoms with van der Waals surface area (Å²) >= 11 is 0. The first-order valence-electron chi connectivity index (χ1n) is 15.5. The Labute approximate surface area is 250 Å². The van der Waals surface area contributed by atoms with Crippen LogP contribution in [0.2, 0.25) is 0 Å². The zero-order valence-electron chi connectivity index (χ0n) is 24.7. The number of rotatable bonds is 8. The quantitative estimate of drug-likeness (QED) is 0.203. The van der Waals surface area contributed by atoms with Crippen LogP contribution < -0.4 is 4.90 Å². The number of carbonyl (C=O) groups excluding carboxylic acids is 1. The van der Waals surface area contributed by atoms with Gasteiger partial charge in [0.25, 0.3) is 0 Å². The Morgan fingerprint density at radius 2 is 1.57 bits per heavy atom. The van der Waals surface area contributed by atoms with Crippen molar-refractivity contribution < 1.29 is 9.18 Å². The van der Waals surface area contributed by atoms with Crippen molar-refractivity contribution in [2.45, 2.75) is 65.1 Å². The molecule has 42 heavy (non-hydrogen) atoms. The smallest absolute Gasteiger partial charge is 0.162 e. The number of likely N-dealkylation sites (tertiary alicyclic amines) is 1. The van der Waals surface area contributed by atoms with Crippen molar-refractivity contribution >= 4 is 11.5 Å². The minimum atomic E-state index is -0.215. The van der Waals surface area contributed by atoms with Crippen molar-refractivity contribution in [2.24, 2.45) is 5.92 Å². The maximum Gasteiger partial charge on any atom is 0.162 e. The van der Waals surface area contributed by atoms with Gasteiger partial charge in [-0.25, -0.2) is 4.39 Å². The molecule has 2 heterocycles. The van der Waals surface area contributed by atoms with Gasteiger partial charge in [-0.05, 0) is 110 Å². The first kappa shape index (κ1) is 28.4. The van der Waals surface area contributed by atoms with Crippen LogP contribution in [0.25, 0.3) is 0 Å². The molecule has 2 aliphatic heterocycles. The molecule has 216 valence electrons. The van der Waals surface area contributed by atoms with E-state index < -0.39 is 0 Å². The van der Waals surface area contributed by atoms with Crippen LogP contribution in [-0.2, 0) is 32.5 Å². The summed E-state index contributed by atoms with van der Waals surface area (Å²) in [6, 6.07) is 30.6. The third-order valence-corrected chi connectivity index (χ3v) is 9.15. The number of nitrogens with zero attached hydrogens (tertiary/aromatic N) is 2. The lowest BCUT2D eigenvalue weighted by Gasteiger charge is -2.32. The fraction of sp³-hybridized carbons (Fsp3) is 0.342. The molecule has 0 radical (unpaired) electrons. The molecule has 0 unspecified atom stereocenters. The largest absolute Gasteiger partial charge is 0.363 e. The van der Waals surface area contributed by atoms with Gasteiger partial charge in [0.05, 0.1) is 0 Å². The van der Waals surface area contributed by atoms with Crippen LogP contribution in [0.3, 0.4) is 0 Å². The number of piperidine rings is 1. The molecular weight excluding hydrogens is 519 g/mol. The predicted octanol–water partition coefficient (Wildman–Crippen LogP) is 8.31. The van der Waals surface area contributed by atoms with Gasteiger partial charge in [-0.1, -0.05) is 72.3 Å². The van der Waals surface area contributed by atoms with E-state index in [0.29, 0.717) is 18.9 Å². The van der Waals surface area contributed by atoms with Crippen LogP contribution in [0, 0.1) is 18.7 Å².